The zero-order chi connectivity index (χ0) is 19.3. The number of fused-ring (bicyclic) bond motifs is 1. The van der Waals surface area contributed by atoms with E-state index >= 15 is 0 Å². The van der Waals surface area contributed by atoms with E-state index in [2.05, 4.69) is 17.4 Å². The minimum absolute atomic E-state index is 0.109. The van der Waals surface area contributed by atoms with Crippen molar-refractivity contribution >= 4 is 39.6 Å². The van der Waals surface area contributed by atoms with Gasteiger partial charge in [0.05, 0.1) is 4.88 Å². The van der Waals surface area contributed by atoms with Crippen LogP contribution in [0, 0.1) is 0 Å². The van der Waals surface area contributed by atoms with E-state index in [9.17, 15) is 4.79 Å². The molecule has 0 atom stereocenters. The lowest BCUT2D eigenvalue weighted by atomic mass is 10.1. The molecule has 0 aliphatic heterocycles. The first-order chi connectivity index (χ1) is 13.7. The molecule has 140 valence electrons. The number of halogens is 1. The van der Waals surface area contributed by atoms with Crippen molar-refractivity contribution in [3.05, 3.63) is 99.2 Å². The molecule has 4 aromatic rings. The zero-order valence-corrected chi connectivity index (χ0v) is 16.6. The van der Waals surface area contributed by atoms with Crippen molar-refractivity contribution in [2.45, 2.75) is 13.2 Å². The number of amides is 1. The van der Waals surface area contributed by atoms with Gasteiger partial charge in [-0.2, -0.15) is 0 Å². The lowest BCUT2D eigenvalue weighted by molar-refractivity contribution is 0.0955. The summed E-state index contributed by atoms with van der Waals surface area (Å²) < 4.78 is 5.90. The number of benzene rings is 3. The molecular formula is C23H18ClNO2S. The number of carbonyl (C=O) groups excluding carboxylic acids is 1. The van der Waals surface area contributed by atoms with E-state index < -0.39 is 0 Å². The Morgan fingerprint density at radius 2 is 1.75 bits per heavy atom. The Balaban J connectivity index is 1.35. The highest BCUT2D eigenvalue weighted by Gasteiger charge is 2.10. The van der Waals surface area contributed by atoms with E-state index in [-0.39, 0.29) is 5.91 Å². The van der Waals surface area contributed by atoms with Crippen LogP contribution in [0.15, 0.2) is 78.2 Å². The second-order valence-electron chi connectivity index (χ2n) is 6.39. The number of hydrogen-bond donors (Lipinski definition) is 1. The summed E-state index contributed by atoms with van der Waals surface area (Å²) in [6.45, 7) is 0.825. The largest absolute Gasteiger partial charge is 0.489 e. The number of hydrogen-bond acceptors (Lipinski definition) is 3. The van der Waals surface area contributed by atoms with Crippen LogP contribution < -0.4 is 10.1 Å². The smallest absolute Gasteiger partial charge is 0.261 e. The van der Waals surface area contributed by atoms with Crippen LogP contribution in [0.4, 0.5) is 0 Å². The molecule has 0 aliphatic rings. The first-order valence-corrected chi connectivity index (χ1v) is 10.2. The minimum atomic E-state index is -0.109. The summed E-state index contributed by atoms with van der Waals surface area (Å²) in [4.78, 5) is 13.0. The molecule has 1 amide bonds. The fourth-order valence-electron chi connectivity index (χ4n) is 2.90. The predicted molar refractivity (Wildman–Crippen MR) is 115 cm³/mol. The first-order valence-electron chi connectivity index (χ1n) is 8.90. The van der Waals surface area contributed by atoms with Crippen LogP contribution in [0.3, 0.4) is 0 Å². The molecule has 0 radical (unpaired) electrons. The van der Waals surface area contributed by atoms with Crippen molar-refractivity contribution in [2.75, 3.05) is 0 Å². The van der Waals surface area contributed by atoms with Gasteiger partial charge in [-0.05, 0) is 46.0 Å². The third-order valence-electron chi connectivity index (χ3n) is 4.40. The molecule has 5 heteroatoms. The second-order valence-corrected chi connectivity index (χ2v) is 7.71. The average molecular weight is 408 g/mol. The van der Waals surface area contributed by atoms with Gasteiger partial charge in [0.25, 0.3) is 5.91 Å². The molecular weight excluding hydrogens is 390 g/mol. The summed E-state index contributed by atoms with van der Waals surface area (Å²) in [6.07, 6.45) is 0. The first kappa shape index (κ1) is 18.5. The van der Waals surface area contributed by atoms with Crippen molar-refractivity contribution in [3.8, 4) is 5.75 Å². The monoisotopic (exact) mass is 407 g/mol. The van der Waals surface area contributed by atoms with Crippen molar-refractivity contribution in [2.24, 2.45) is 0 Å². The fourth-order valence-corrected chi connectivity index (χ4v) is 3.91. The van der Waals surface area contributed by atoms with E-state index in [0.717, 1.165) is 22.3 Å². The summed E-state index contributed by atoms with van der Waals surface area (Å²) in [5.74, 6) is 0.705. The molecule has 1 heterocycles. The molecule has 0 aliphatic carbocycles. The molecule has 0 spiro atoms. The number of rotatable bonds is 6. The number of carbonyl (C=O) groups is 1. The van der Waals surface area contributed by atoms with Crippen LogP contribution in [-0.2, 0) is 13.2 Å². The number of nitrogens with one attached hydrogen (secondary N) is 1. The van der Waals surface area contributed by atoms with Crippen LogP contribution in [-0.4, -0.2) is 5.91 Å². The highest BCUT2D eigenvalue weighted by atomic mass is 35.5. The van der Waals surface area contributed by atoms with Gasteiger partial charge in [0.1, 0.15) is 12.4 Å². The van der Waals surface area contributed by atoms with E-state index in [4.69, 9.17) is 16.3 Å². The topological polar surface area (TPSA) is 38.3 Å². The maximum absolute atomic E-state index is 12.4. The zero-order valence-electron chi connectivity index (χ0n) is 15.0. The summed E-state index contributed by atoms with van der Waals surface area (Å²) in [5, 5.41) is 7.84. The van der Waals surface area contributed by atoms with E-state index in [1.54, 1.807) is 0 Å². The molecule has 0 saturated carbocycles. The van der Waals surface area contributed by atoms with Crippen LogP contribution >= 0.6 is 22.9 Å². The quantitative estimate of drug-likeness (QED) is 0.421. The van der Waals surface area contributed by atoms with Crippen molar-refractivity contribution < 1.29 is 9.53 Å². The van der Waals surface area contributed by atoms with Crippen LogP contribution in [0.2, 0.25) is 5.02 Å². The fraction of sp³-hybridized carbons (Fsp3) is 0.0870. The highest BCUT2D eigenvalue weighted by Crippen LogP contribution is 2.23. The SMILES string of the molecule is O=C(NCc1ccccc1Cl)c1cc(COc2ccc3ccccc3c2)cs1. The summed E-state index contributed by atoms with van der Waals surface area (Å²) in [7, 11) is 0. The molecule has 0 bridgehead atoms. The highest BCUT2D eigenvalue weighted by molar-refractivity contribution is 7.12. The molecule has 0 fully saturated rings. The minimum Gasteiger partial charge on any atom is -0.489 e. The van der Waals surface area contributed by atoms with Gasteiger partial charge in [0.15, 0.2) is 0 Å². The third kappa shape index (κ3) is 4.35. The predicted octanol–water partition coefficient (Wildman–Crippen LogP) is 6.06. The van der Waals surface area contributed by atoms with Crippen molar-refractivity contribution in [1.29, 1.82) is 0 Å². The second kappa shape index (κ2) is 8.46. The molecule has 1 aromatic heterocycles. The summed E-state index contributed by atoms with van der Waals surface area (Å²) in [6, 6.07) is 23.6. The van der Waals surface area contributed by atoms with E-state index in [0.29, 0.717) is 23.1 Å². The van der Waals surface area contributed by atoms with Gasteiger partial charge in [-0.25, -0.2) is 0 Å². The number of thiophene rings is 1. The van der Waals surface area contributed by atoms with Gasteiger partial charge < -0.3 is 10.1 Å². The third-order valence-corrected chi connectivity index (χ3v) is 5.75. The Kier molecular flexibility index (Phi) is 5.60. The van der Waals surface area contributed by atoms with Crippen LogP contribution in [0.1, 0.15) is 20.8 Å². The number of ether oxygens (including phenoxy) is 1. The van der Waals surface area contributed by atoms with E-state index in [1.807, 2.05) is 66.0 Å². The summed E-state index contributed by atoms with van der Waals surface area (Å²) in [5.41, 5.74) is 1.87. The lowest BCUT2D eigenvalue weighted by Crippen LogP contribution is -2.21. The van der Waals surface area contributed by atoms with Gasteiger partial charge in [-0.3, -0.25) is 4.79 Å². The Morgan fingerprint density at radius 1 is 0.964 bits per heavy atom. The maximum atomic E-state index is 12.4. The molecule has 1 N–H and O–H groups in total. The van der Waals surface area contributed by atoms with Crippen molar-refractivity contribution in [1.82, 2.24) is 5.32 Å². The standard InChI is InChI=1S/C23H18ClNO2S/c24-21-8-4-3-7-19(21)13-25-23(26)22-11-16(15-28-22)14-27-20-10-9-17-5-1-2-6-18(17)12-20/h1-12,15H,13-14H2,(H,25,26). The Bertz CT molecular complexity index is 1120. The van der Waals surface area contributed by atoms with E-state index in [1.165, 1.54) is 16.7 Å². The maximum Gasteiger partial charge on any atom is 0.261 e. The molecule has 3 nitrogen and oxygen atoms in total. The molecule has 0 saturated heterocycles. The Hall–Kier alpha value is -2.82. The van der Waals surface area contributed by atoms with Gasteiger partial charge in [-0.15, -0.1) is 11.3 Å². The van der Waals surface area contributed by atoms with Gasteiger partial charge in [-0.1, -0.05) is 60.1 Å². The van der Waals surface area contributed by atoms with Gasteiger partial charge >= 0.3 is 0 Å². The van der Waals surface area contributed by atoms with Crippen LogP contribution in [0.25, 0.3) is 10.8 Å². The molecule has 3 aromatic carbocycles. The Morgan fingerprint density at radius 3 is 2.61 bits per heavy atom. The normalized spacial score (nSPS) is 10.8. The average Bonchev–Trinajstić information content (AvgIpc) is 3.20. The van der Waals surface area contributed by atoms with Crippen molar-refractivity contribution in [3.63, 3.8) is 0 Å². The van der Waals surface area contributed by atoms with Gasteiger partial charge in [0, 0.05) is 17.1 Å². The van der Waals surface area contributed by atoms with Gasteiger partial charge in [0.2, 0.25) is 0 Å². The molecule has 0 unspecified atom stereocenters. The lowest BCUT2D eigenvalue weighted by Gasteiger charge is -2.06. The van der Waals surface area contributed by atoms with Crippen LogP contribution in [0.5, 0.6) is 5.75 Å². The summed E-state index contributed by atoms with van der Waals surface area (Å²) >= 11 is 7.54. The molecule has 4 rings (SSSR count). The Labute approximate surface area is 172 Å². The molecule has 28 heavy (non-hydrogen) atoms.